The first-order valence-electron chi connectivity index (χ1n) is 5.12. The van der Waals surface area contributed by atoms with Crippen molar-refractivity contribution in [3.8, 4) is 0 Å². The van der Waals surface area contributed by atoms with Crippen LogP contribution in [0.4, 0.5) is 0 Å². The van der Waals surface area contributed by atoms with E-state index in [1.807, 2.05) is 6.92 Å². The van der Waals surface area contributed by atoms with Crippen LogP contribution in [0.25, 0.3) is 0 Å². The van der Waals surface area contributed by atoms with Crippen molar-refractivity contribution in [1.29, 1.82) is 0 Å². The summed E-state index contributed by atoms with van der Waals surface area (Å²) in [5, 5.41) is 6.25. The summed E-state index contributed by atoms with van der Waals surface area (Å²) in [6.07, 6.45) is 2.09. The number of likely N-dealkylation sites (N-methyl/N-ethyl adjacent to an activating group) is 1. The molecule has 6 nitrogen and oxygen atoms in total. The molecule has 0 radical (unpaired) electrons. The van der Waals surface area contributed by atoms with Gasteiger partial charge in [0.1, 0.15) is 0 Å². The second-order valence-corrected chi connectivity index (χ2v) is 5.84. The predicted octanol–water partition coefficient (Wildman–Crippen LogP) is 0.208. The summed E-state index contributed by atoms with van der Waals surface area (Å²) < 4.78 is 31.0. The van der Waals surface area contributed by atoms with E-state index in [0.717, 1.165) is 6.42 Å². The van der Waals surface area contributed by atoms with Crippen molar-refractivity contribution in [3.05, 3.63) is 12.3 Å². The highest BCUT2D eigenvalue weighted by Gasteiger charge is 2.35. The Balaban J connectivity index is 2.24. The molecule has 2 atom stereocenters. The van der Waals surface area contributed by atoms with Gasteiger partial charge < -0.3 is 4.74 Å². The third kappa shape index (κ3) is 1.85. The Morgan fingerprint density at radius 3 is 2.88 bits per heavy atom. The summed E-state index contributed by atoms with van der Waals surface area (Å²) in [5.41, 5.74) is 0. The van der Waals surface area contributed by atoms with E-state index in [9.17, 15) is 8.42 Å². The van der Waals surface area contributed by atoms with Crippen LogP contribution in [-0.4, -0.2) is 48.7 Å². The van der Waals surface area contributed by atoms with Gasteiger partial charge in [-0.3, -0.25) is 5.10 Å². The largest absolute Gasteiger partial charge is 0.377 e. The number of H-pyrrole nitrogens is 1. The lowest BCUT2D eigenvalue weighted by atomic mass is 10.2. The molecule has 1 aliphatic heterocycles. The quantitative estimate of drug-likeness (QED) is 0.826. The molecule has 0 saturated carbocycles. The van der Waals surface area contributed by atoms with Gasteiger partial charge in [-0.05, 0) is 19.4 Å². The SMILES string of the molecule is CC1OCCC1N(C)S(=O)(=O)c1ccn[nH]1. The smallest absolute Gasteiger partial charge is 0.260 e. The second-order valence-electron chi connectivity index (χ2n) is 3.87. The van der Waals surface area contributed by atoms with Gasteiger partial charge in [0.25, 0.3) is 10.0 Å². The Morgan fingerprint density at radius 1 is 1.62 bits per heavy atom. The molecule has 0 spiro atoms. The first-order valence-corrected chi connectivity index (χ1v) is 6.56. The summed E-state index contributed by atoms with van der Waals surface area (Å²) in [7, 11) is -1.90. The van der Waals surface area contributed by atoms with Crippen molar-refractivity contribution in [2.75, 3.05) is 13.7 Å². The molecule has 0 bridgehead atoms. The Labute approximate surface area is 94.6 Å². The first-order chi connectivity index (χ1) is 7.53. The van der Waals surface area contributed by atoms with E-state index in [1.54, 1.807) is 7.05 Å². The van der Waals surface area contributed by atoms with Gasteiger partial charge in [0, 0.05) is 13.7 Å². The van der Waals surface area contributed by atoms with Crippen LogP contribution in [0.15, 0.2) is 17.3 Å². The third-order valence-electron chi connectivity index (χ3n) is 2.94. The Morgan fingerprint density at radius 2 is 2.38 bits per heavy atom. The van der Waals surface area contributed by atoms with Crippen LogP contribution in [0.3, 0.4) is 0 Å². The van der Waals surface area contributed by atoms with E-state index in [4.69, 9.17) is 4.74 Å². The maximum absolute atomic E-state index is 12.1. The summed E-state index contributed by atoms with van der Waals surface area (Å²) in [4.78, 5) is 0. The van der Waals surface area contributed by atoms with Gasteiger partial charge in [0.2, 0.25) is 0 Å². The molecule has 16 heavy (non-hydrogen) atoms. The summed E-state index contributed by atoms with van der Waals surface area (Å²) in [5.74, 6) is 0. The van der Waals surface area contributed by atoms with Crippen molar-refractivity contribution in [1.82, 2.24) is 14.5 Å². The third-order valence-corrected chi connectivity index (χ3v) is 4.75. The van der Waals surface area contributed by atoms with Gasteiger partial charge in [-0.1, -0.05) is 0 Å². The van der Waals surface area contributed by atoms with Crippen LogP contribution in [0, 0.1) is 0 Å². The van der Waals surface area contributed by atoms with Crippen molar-refractivity contribution in [3.63, 3.8) is 0 Å². The average molecular weight is 245 g/mol. The maximum Gasteiger partial charge on any atom is 0.260 e. The molecular formula is C9H15N3O3S. The van der Waals surface area contributed by atoms with Crippen LogP contribution in [-0.2, 0) is 14.8 Å². The fraction of sp³-hybridized carbons (Fsp3) is 0.667. The summed E-state index contributed by atoms with van der Waals surface area (Å²) in [6, 6.07) is 1.35. The topological polar surface area (TPSA) is 75.3 Å². The lowest BCUT2D eigenvalue weighted by Crippen LogP contribution is -2.41. The highest BCUT2D eigenvalue weighted by molar-refractivity contribution is 7.89. The van der Waals surface area contributed by atoms with Gasteiger partial charge in [0.15, 0.2) is 5.03 Å². The molecule has 90 valence electrons. The number of nitrogens with zero attached hydrogens (tertiary/aromatic N) is 2. The number of nitrogens with one attached hydrogen (secondary N) is 1. The van der Waals surface area contributed by atoms with Crippen LogP contribution >= 0.6 is 0 Å². The molecule has 1 saturated heterocycles. The van der Waals surface area contributed by atoms with Gasteiger partial charge in [-0.15, -0.1) is 0 Å². The molecule has 1 aromatic rings. The van der Waals surface area contributed by atoms with Crippen LogP contribution in [0.5, 0.6) is 0 Å². The number of aromatic amines is 1. The molecule has 2 heterocycles. The molecule has 1 N–H and O–H groups in total. The molecule has 2 rings (SSSR count). The second kappa shape index (κ2) is 4.15. The van der Waals surface area contributed by atoms with Crippen LogP contribution < -0.4 is 0 Å². The van der Waals surface area contributed by atoms with E-state index in [2.05, 4.69) is 10.2 Å². The zero-order valence-corrected chi connectivity index (χ0v) is 10.1. The minimum atomic E-state index is -3.48. The van der Waals surface area contributed by atoms with Crippen LogP contribution in [0.1, 0.15) is 13.3 Å². The molecular weight excluding hydrogens is 230 g/mol. The fourth-order valence-electron chi connectivity index (χ4n) is 1.92. The molecule has 0 amide bonds. The minimum absolute atomic E-state index is 0.0669. The Kier molecular flexibility index (Phi) is 3.00. The zero-order valence-electron chi connectivity index (χ0n) is 9.25. The standard InChI is InChI=1S/C9H15N3O3S/c1-7-8(4-6-15-7)12(2)16(13,14)9-3-5-10-11-9/h3,5,7-8H,4,6H2,1-2H3,(H,10,11). The number of rotatable bonds is 3. The van der Waals surface area contributed by atoms with Crippen molar-refractivity contribution < 1.29 is 13.2 Å². The Hall–Kier alpha value is -0.920. The van der Waals surface area contributed by atoms with Gasteiger partial charge >= 0.3 is 0 Å². The monoisotopic (exact) mass is 245 g/mol. The maximum atomic E-state index is 12.1. The summed E-state index contributed by atoms with van der Waals surface area (Å²) in [6.45, 7) is 2.49. The number of hydrogen-bond acceptors (Lipinski definition) is 4. The van der Waals surface area contributed by atoms with Gasteiger partial charge in [-0.25, -0.2) is 8.42 Å². The van der Waals surface area contributed by atoms with E-state index in [0.29, 0.717) is 6.61 Å². The molecule has 0 aliphatic carbocycles. The van der Waals surface area contributed by atoms with E-state index in [1.165, 1.54) is 16.6 Å². The molecule has 0 aromatic carbocycles. The van der Waals surface area contributed by atoms with Crippen LogP contribution in [0.2, 0.25) is 0 Å². The fourth-order valence-corrected chi connectivity index (χ4v) is 3.26. The zero-order chi connectivity index (χ0) is 11.8. The minimum Gasteiger partial charge on any atom is -0.377 e. The lowest BCUT2D eigenvalue weighted by molar-refractivity contribution is 0.102. The average Bonchev–Trinajstić information content (AvgIpc) is 2.86. The molecule has 1 aliphatic rings. The first kappa shape index (κ1) is 11.6. The number of sulfonamides is 1. The van der Waals surface area contributed by atoms with E-state index >= 15 is 0 Å². The Bertz CT molecular complexity index is 443. The highest BCUT2D eigenvalue weighted by atomic mass is 32.2. The molecule has 1 aromatic heterocycles. The predicted molar refractivity (Wildman–Crippen MR) is 57.4 cm³/mol. The van der Waals surface area contributed by atoms with Gasteiger partial charge in [-0.2, -0.15) is 9.40 Å². The van der Waals surface area contributed by atoms with Crippen molar-refractivity contribution >= 4 is 10.0 Å². The number of ether oxygens (including phenoxy) is 1. The molecule has 1 fully saturated rings. The number of hydrogen-bond donors (Lipinski definition) is 1. The van der Waals surface area contributed by atoms with E-state index < -0.39 is 10.0 Å². The van der Waals surface area contributed by atoms with Gasteiger partial charge in [0.05, 0.1) is 18.3 Å². The highest BCUT2D eigenvalue weighted by Crippen LogP contribution is 2.23. The number of aromatic nitrogens is 2. The van der Waals surface area contributed by atoms with Crippen molar-refractivity contribution in [2.45, 2.75) is 30.5 Å². The normalized spacial score (nSPS) is 26.4. The molecule has 2 unspecified atom stereocenters. The molecule has 7 heteroatoms. The summed E-state index contributed by atoms with van der Waals surface area (Å²) >= 11 is 0. The lowest BCUT2D eigenvalue weighted by Gasteiger charge is -2.25. The van der Waals surface area contributed by atoms with E-state index in [-0.39, 0.29) is 17.2 Å². The van der Waals surface area contributed by atoms with Crippen molar-refractivity contribution in [2.24, 2.45) is 0 Å².